The van der Waals surface area contributed by atoms with Crippen LogP contribution >= 0.6 is 0 Å². The van der Waals surface area contributed by atoms with Gasteiger partial charge in [0, 0.05) is 12.6 Å². The lowest BCUT2D eigenvalue weighted by Crippen LogP contribution is -2.10. The van der Waals surface area contributed by atoms with Crippen molar-refractivity contribution < 1.29 is 4.79 Å². The lowest BCUT2D eigenvalue weighted by molar-refractivity contribution is -0.115. The molecule has 1 heterocycles. The van der Waals surface area contributed by atoms with Crippen molar-refractivity contribution in [1.82, 2.24) is 4.98 Å². The van der Waals surface area contributed by atoms with Crippen LogP contribution in [0.4, 0.5) is 5.82 Å². The average molecular weight is 175 g/mol. The maximum Gasteiger partial charge on any atom is 0.225 e. The molecular weight excluding hydrogens is 166 g/mol. The van der Waals surface area contributed by atoms with Gasteiger partial charge in [0.25, 0.3) is 0 Å². The molecule has 0 bridgehead atoms. The summed E-state index contributed by atoms with van der Waals surface area (Å²) in [6.45, 7) is 1.75. The fraction of sp³-hybridized carbons (Fsp3) is 0.222. The van der Waals surface area contributed by atoms with E-state index in [1.165, 1.54) is 12.3 Å². The molecule has 0 spiro atoms. The van der Waals surface area contributed by atoms with Crippen molar-refractivity contribution in [2.75, 3.05) is 5.32 Å². The number of aromatic nitrogens is 1. The second kappa shape index (κ2) is 4.21. The third-order valence-corrected chi connectivity index (χ3v) is 1.48. The van der Waals surface area contributed by atoms with Crippen molar-refractivity contribution in [2.45, 2.75) is 13.3 Å². The van der Waals surface area contributed by atoms with Crippen LogP contribution in [0.2, 0.25) is 0 Å². The Hall–Kier alpha value is -1.89. The van der Waals surface area contributed by atoms with Crippen molar-refractivity contribution in [1.29, 1.82) is 5.26 Å². The maximum absolute atomic E-state index is 10.9. The van der Waals surface area contributed by atoms with E-state index in [1.807, 2.05) is 6.07 Å². The highest BCUT2D eigenvalue weighted by molar-refractivity contribution is 5.89. The fourth-order valence-electron chi connectivity index (χ4n) is 0.800. The molecule has 1 amide bonds. The number of rotatable bonds is 2. The van der Waals surface area contributed by atoms with Crippen LogP contribution in [-0.4, -0.2) is 10.9 Å². The standard InChI is InChI=1S/C9H9N3O/c1-2-9(13)12-8-5-7(6-10)3-4-11-8/h3-5H,2H2,1H3,(H,11,12,13). The van der Waals surface area contributed by atoms with Crippen LogP contribution < -0.4 is 5.32 Å². The second-order valence-electron chi connectivity index (χ2n) is 2.44. The van der Waals surface area contributed by atoms with Crippen LogP contribution in [0.3, 0.4) is 0 Å². The normalized spacial score (nSPS) is 8.92. The minimum atomic E-state index is -0.109. The van der Waals surface area contributed by atoms with Crippen LogP contribution in [-0.2, 0) is 4.79 Å². The molecule has 66 valence electrons. The molecule has 0 unspecified atom stereocenters. The predicted molar refractivity (Wildman–Crippen MR) is 47.9 cm³/mol. The van der Waals surface area contributed by atoms with Gasteiger partial charge in [0.2, 0.25) is 5.91 Å². The van der Waals surface area contributed by atoms with E-state index in [2.05, 4.69) is 10.3 Å². The lowest BCUT2D eigenvalue weighted by Gasteiger charge is -2.01. The monoisotopic (exact) mass is 175 g/mol. The Morgan fingerprint density at radius 2 is 2.54 bits per heavy atom. The van der Waals surface area contributed by atoms with E-state index < -0.39 is 0 Å². The zero-order valence-electron chi connectivity index (χ0n) is 7.24. The number of anilines is 1. The SMILES string of the molecule is CCC(=O)Nc1cc(C#N)ccn1. The van der Waals surface area contributed by atoms with Gasteiger partial charge in [0.05, 0.1) is 11.6 Å². The van der Waals surface area contributed by atoms with Crippen molar-refractivity contribution in [3.63, 3.8) is 0 Å². The van der Waals surface area contributed by atoms with Crippen molar-refractivity contribution in [3.8, 4) is 6.07 Å². The molecule has 0 radical (unpaired) electrons. The molecule has 1 aromatic rings. The minimum Gasteiger partial charge on any atom is -0.311 e. The number of hydrogen-bond donors (Lipinski definition) is 1. The summed E-state index contributed by atoms with van der Waals surface area (Å²) in [7, 11) is 0. The van der Waals surface area contributed by atoms with Gasteiger partial charge in [0.15, 0.2) is 0 Å². The summed E-state index contributed by atoms with van der Waals surface area (Å²) in [5, 5.41) is 11.1. The highest BCUT2D eigenvalue weighted by Gasteiger charge is 2.00. The van der Waals surface area contributed by atoms with E-state index in [0.717, 1.165) is 0 Å². The van der Waals surface area contributed by atoms with E-state index in [-0.39, 0.29) is 5.91 Å². The molecule has 0 saturated carbocycles. The summed E-state index contributed by atoms with van der Waals surface area (Å²) in [6, 6.07) is 5.09. The number of nitrogens with one attached hydrogen (secondary N) is 1. The summed E-state index contributed by atoms with van der Waals surface area (Å²) < 4.78 is 0. The van der Waals surface area contributed by atoms with Gasteiger partial charge in [-0.25, -0.2) is 4.98 Å². The molecule has 0 aliphatic rings. The van der Waals surface area contributed by atoms with E-state index >= 15 is 0 Å². The molecule has 0 atom stereocenters. The minimum absolute atomic E-state index is 0.109. The van der Waals surface area contributed by atoms with Gasteiger partial charge >= 0.3 is 0 Å². The van der Waals surface area contributed by atoms with Crippen molar-refractivity contribution in [3.05, 3.63) is 23.9 Å². The summed E-state index contributed by atoms with van der Waals surface area (Å²) in [4.78, 5) is 14.8. The van der Waals surface area contributed by atoms with E-state index in [9.17, 15) is 4.79 Å². The Bertz CT molecular complexity index is 354. The van der Waals surface area contributed by atoms with Crippen LogP contribution in [0.1, 0.15) is 18.9 Å². The van der Waals surface area contributed by atoms with Gasteiger partial charge in [-0.15, -0.1) is 0 Å². The zero-order valence-corrected chi connectivity index (χ0v) is 7.24. The van der Waals surface area contributed by atoms with Gasteiger partial charge in [-0.2, -0.15) is 5.26 Å². The highest BCUT2D eigenvalue weighted by Crippen LogP contribution is 2.05. The molecule has 4 heteroatoms. The predicted octanol–water partition coefficient (Wildman–Crippen LogP) is 1.30. The first-order chi connectivity index (χ1) is 6.26. The zero-order chi connectivity index (χ0) is 9.68. The third kappa shape index (κ3) is 2.56. The van der Waals surface area contributed by atoms with Gasteiger partial charge in [-0.3, -0.25) is 4.79 Å². The number of amides is 1. The molecule has 0 aliphatic carbocycles. The lowest BCUT2D eigenvalue weighted by atomic mass is 10.3. The van der Waals surface area contributed by atoms with Gasteiger partial charge in [-0.05, 0) is 12.1 Å². The Labute approximate surface area is 76.2 Å². The molecule has 0 fully saturated rings. The molecule has 1 aromatic heterocycles. The molecule has 1 rings (SSSR count). The van der Waals surface area contributed by atoms with Gasteiger partial charge < -0.3 is 5.32 Å². The van der Waals surface area contributed by atoms with Crippen molar-refractivity contribution in [2.24, 2.45) is 0 Å². The van der Waals surface area contributed by atoms with E-state index in [0.29, 0.717) is 17.8 Å². The molecule has 13 heavy (non-hydrogen) atoms. The average Bonchev–Trinajstić information content (AvgIpc) is 2.18. The Morgan fingerprint density at radius 1 is 1.77 bits per heavy atom. The summed E-state index contributed by atoms with van der Waals surface area (Å²) in [5.74, 6) is 0.313. The molecule has 1 N–H and O–H groups in total. The number of pyridine rings is 1. The maximum atomic E-state index is 10.9. The van der Waals surface area contributed by atoms with Crippen LogP contribution in [0.5, 0.6) is 0 Å². The Kier molecular flexibility index (Phi) is 2.98. The number of nitriles is 1. The van der Waals surface area contributed by atoms with Gasteiger partial charge in [0.1, 0.15) is 5.82 Å². The summed E-state index contributed by atoms with van der Waals surface area (Å²) >= 11 is 0. The second-order valence-corrected chi connectivity index (χ2v) is 2.44. The smallest absolute Gasteiger partial charge is 0.225 e. The largest absolute Gasteiger partial charge is 0.311 e. The first kappa shape index (κ1) is 9.20. The highest BCUT2D eigenvalue weighted by atomic mass is 16.1. The Morgan fingerprint density at radius 3 is 3.15 bits per heavy atom. The number of nitrogens with zero attached hydrogens (tertiary/aromatic N) is 2. The first-order valence-electron chi connectivity index (χ1n) is 3.92. The third-order valence-electron chi connectivity index (χ3n) is 1.48. The van der Waals surface area contributed by atoms with Crippen LogP contribution in [0.25, 0.3) is 0 Å². The van der Waals surface area contributed by atoms with Gasteiger partial charge in [-0.1, -0.05) is 6.92 Å². The quantitative estimate of drug-likeness (QED) is 0.736. The Balaban J connectivity index is 2.79. The molecule has 0 saturated heterocycles. The van der Waals surface area contributed by atoms with E-state index in [1.54, 1.807) is 13.0 Å². The molecule has 4 nitrogen and oxygen atoms in total. The number of carbonyl (C=O) groups excluding carboxylic acids is 1. The summed E-state index contributed by atoms with van der Waals surface area (Å²) in [6.07, 6.45) is 1.89. The number of hydrogen-bond acceptors (Lipinski definition) is 3. The molecule has 0 aliphatic heterocycles. The van der Waals surface area contributed by atoms with Crippen LogP contribution in [0.15, 0.2) is 18.3 Å². The van der Waals surface area contributed by atoms with Crippen molar-refractivity contribution >= 4 is 11.7 Å². The first-order valence-corrected chi connectivity index (χ1v) is 3.92. The molecular formula is C9H9N3O. The van der Waals surface area contributed by atoms with Crippen LogP contribution in [0, 0.1) is 11.3 Å². The fourth-order valence-corrected chi connectivity index (χ4v) is 0.800. The summed E-state index contributed by atoms with van der Waals surface area (Å²) in [5.41, 5.74) is 0.487. The topological polar surface area (TPSA) is 65.8 Å². The van der Waals surface area contributed by atoms with E-state index in [4.69, 9.17) is 5.26 Å². The number of carbonyl (C=O) groups is 1. The molecule has 0 aromatic carbocycles.